The maximum Gasteiger partial charge on any atom is 0.263 e. The lowest BCUT2D eigenvalue weighted by molar-refractivity contribution is -0.111. The monoisotopic (exact) mass is 448 g/mol. The number of rotatable bonds is 7. The number of halogens is 1. The van der Waals surface area contributed by atoms with Crippen molar-refractivity contribution in [3.05, 3.63) is 76.0 Å². The van der Waals surface area contributed by atoms with E-state index in [-0.39, 0.29) is 21.5 Å². The maximum absolute atomic E-state index is 12.8. The molecule has 1 heterocycles. The third-order valence-electron chi connectivity index (χ3n) is 3.78. The number of para-hydroxylation sites is 2. The molecular weight excluding hydrogens is 432 g/mol. The van der Waals surface area contributed by atoms with Gasteiger partial charge in [0.05, 0.1) is 17.8 Å². The lowest BCUT2D eigenvalue weighted by Crippen LogP contribution is -2.15. The van der Waals surface area contributed by atoms with Crippen molar-refractivity contribution in [3.63, 3.8) is 0 Å². The minimum atomic E-state index is -4.01. The number of anilines is 2. The average molecular weight is 449 g/mol. The predicted octanol–water partition coefficient (Wildman–Crippen LogP) is 4.86. The largest absolute Gasteiger partial charge is 0.495 e. The van der Waals surface area contributed by atoms with Crippen LogP contribution in [0.25, 0.3) is 6.08 Å². The molecule has 0 bridgehead atoms. The number of ether oxygens (including phenoxy) is 1. The summed E-state index contributed by atoms with van der Waals surface area (Å²) in [6.07, 6.45) is 3.05. The summed E-state index contributed by atoms with van der Waals surface area (Å²) >= 11 is 7.61. The average Bonchev–Trinajstić information content (AvgIpc) is 3.21. The van der Waals surface area contributed by atoms with Crippen LogP contribution in [0.5, 0.6) is 5.75 Å². The Labute approximate surface area is 177 Å². The first-order chi connectivity index (χ1) is 13.9. The van der Waals surface area contributed by atoms with Gasteiger partial charge in [0.2, 0.25) is 5.91 Å². The van der Waals surface area contributed by atoms with E-state index in [1.54, 1.807) is 30.3 Å². The van der Waals surface area contributed by atoms with Gasteiger partial charge in [0.25, 0.3) is 10.0 Å². The number of sulfonamides is 1. The fourth-order valence-corrected chi connectivity index (χ4v) is 4.66. The first-order valence-corrected chi connectivity index (χ1v) is 11.1. The predicted molar refractivity (Wildman–Crippen MR) is 117 cm³/mol. The number of carbonyl (C=O) groups is 1. The fourth-order valence-electron chi connectivity index (χ4n) is 2.44. The Bertz CT molecular complexity index is 1140. The topological polar surface area (TPSA) is 84.5 Å². The van der Waals surface area contributed by atoms with Gasteiger partial charge in [-0.15, -0.1) is 11.3 Å². The second kappa shape index (κ2) is 9.13. The Kier molecular flexibility index (Phi) is 6.58. The number of carbonyl (C=O) groups excluding carboxylic acids is 1. The van der Waals surface area contributed by atoms with Crippen LogP contribution in [0.1, 0.15) is 4.88 Å². The summed E-state index contributed by atoms with van der Waals surface area (Å²) in [7, 11) is -2.57. The molecule has 1 aromatic heterocycles. The van der Waals surface area contributed by atoms with Crippen LogP contribution < -0.4 is 14.8 Å². The second-order valence-electron chi connectivity index (χ2n) is 5.79. The van der Waals surface area contributed by atoms with Gasteiger partial charge in [0.15, 0.2) is 0 Å². The van der Waals surface area contributed by atoms with E-state index in [0.29, 0.717) is 11.4 Å². The summed E-state index contributed by atoms with van der Waals surface area (Å²) in [6, 6.07) is 14.6. The molecule has 0 fully saturated rings. The van der Waals surface area contributed by atoms with Crippen LogP contribution in [0, 0.1) is 0 Å². The van der Waals surface area contributed by atoms with Crippen LogP contribution >= 0.6 is 22.9 Å². The van der Waals surface area contributed by atoms with Gasteiger partial charge in [-0.2, -0.15) is 0 Å². The van der Waals surface area contributed by atoms with Crippen molar-refractivity contribution in [3.8, 4) is 5.75 Å². The number of benzene rings is 2. The molecule has 0 radical (unpaired) electrons. The van der Waals surface area contributed by atoms with Gasteiger partial charge < -0.3 is 10.1 Å². The van der Waals surface area contributed by atoms with Crippen molar-refractivity contribution in [2.45, 2.75) is 4.90 Å². The number of hydrogen-bond donors (Lipinski definition) is 2. The molecule has 0 saturated heterocycles. The molecule has 0 atom stereocenters. The molecule has 2 aromatic carbocycles. The molecule has 3 rings (SSSR count). The zero-order valence-electron chi connectivity index (χ0n) is 15.3. The Balaban J connectivity index is 1.81. The lowest BCUT2D eigenvalue weighted by Gasteiger charge is -2.13. The zero-order valence-corrected chi connectivity index (χ0v) is 17.6. The van der Waals surface area contributed by atoms with Crippen LogP contribution in [0.4, 0.5) is 11.4 Å². The Morgan fingerprint density at radius 2 is 1.93 bits per heavy atom. The van der Waals surface area contributed by atoms with Gasteiger partial charge in [0, 0.05) is 16.6 Å². The third-order valence-corrected chi connectivity index (χ3v) is 6.47. The standard InChI is InChI=1S/C20H17ClN2O4S2/c1-27-18-7-3-2-6-17(18)23-29(25,26)19-13-14(8-10-16(19)21)22-20(24)11-9-15-5-4-12-28-15/h2-13,23H,1H3,(H,22,24). The molecule has 3 aromatic rings. The molecule has 0 aliphatic carbocycles. The number of nitrogens with one attached hydrogen (secondary N) is 2. The van der Waals surface area contributed by atoms with E-state index in [2.05, 4.69) is 10.0 Å². The highest BCUT2D eigenvalue weighted by atomic mass is 35.5. The van der Waals surface area contributed by atoms with Crippen molar-refractivity contribution in [2.75, 3.05) is 17.1 Å². The summed E-state index contributed by atoms with van der Waals surface area (Å²) in [6.45, 7) is 0. The van der Waals surface area contributed by atoms with Crippen LogP contribution in [0.3, 0.4) is 0 Å². The van der Waals surface area contributed by atoms with Crippen molar-refractivity contribution >= 4 is 56.3 Å². The number of methoxy groups -OCH3 is 1. The van der Waals surface area contributed by atoms with E-state index in [9.17, 15) is 13.2 Å². The summed E-state index contributed by atoms with van der Waals surface area (Å²) < 4.78 is 33.3. The maximum atomic E-state index is 12.8. The SMILES string of the molecule is COc1ccccc1NS(=O)(=O)c1cc(NC(=O)C=Cc2cccs2)ccc1Cl. The van der Waals surface area contributed by atoms with E-state index in [1.807, 2.05) is 17.5 Å². The normalized spacial score (nSPS) is 11.4. The Morgan fingerprint density at radius 3 is 2.66 bits per heavy atom. The molecule has 0 aliphatic rings. The van der Waals surface area contributed by atoms with Crippen molar-refractivity contribution in [2.24, 2.45) is 0 Å². The van der Waals surface area contributed by atoms with E-state index in [4.69, 9.17) is 16.3 Å². The summed E-state index contributed by atoms with van der Waals surface area (Å²) in [5, 5.41) is 4.57. The lowest BCUT2D eigenvalue weighted by atomic mass is 10.3. The molecule has 29 heavy (non-hydrogen) atoms. The molecule has 6 nitrogen and oxygen atoms in total. The van der Waals surface area contributed by atoms with Gasteiger partial charge in [-0.3, -0.25) is 9.52 Å². The minimum absolute atomic E-state index is 0.0273. The highest BCUT2D eigenvalue weighted by molar-refractivity contribution is 7.92. The quantitative estimate of drug-likeness (QED) is 0.505. The van der Waals surface area contributed by atoms with Crippen molar-refractivity contribution in [1.29, 1.82) is 0 Å². The van der Waals surface area contributed by atoms with Gasteiger partial charge in [-0.05, 0) is 47.9 Å². The first kappa shape index (κ1) is 20.9. The first-order valence-electron chi connectivity index (χ1n) is 8.37. The van der Waals surface area contributed by atoms with Gasteiger partial charge >= 0.3 is 0 Å². The third kappa shape index (κ3) is 5.38. The molecular formula is C20H17ClN2O4S2. The number of hydrogen-bond acceptors (Lipinski definition) is 5. The molecule has 0 saturated carbocycles. The summed E-state index contributed by atoms with van der Waals surface area (Å²) in [4.78, 5) is 12.9. The minimum Gasteiger partial charge on any atom is -0.495 e. The zero-order chi connectivity index (χ0) is 20.9. The highest BCUT2D eigenvalue weighted by Crippen LogP contribution is 2.30. The van der Waals surface area contributed by atoms with Gasteiger partial charge in [-0.1, -0.05) is 29.8 Å². The van der Waals surface area contributed by atoms with Crippen molar-refractivity contribution in [1.82, 2.24) is 0 Å². The van der Waals surface area contributed by atoms with Gasteiger partial charge in [0.1, 0.15) is 10.6 Å². The molecule has 0 unspecified atom stereocenters. The second-order valence-corrected chi connectivity index (χ2v) is 8.83. The number of thiophene rings is 1. The molecule has 1 amide bonds. The Hall–Kier alpha value is -2.81. The van der Waals surface area contributed by atoms with E-state index < -0.39 is 10.0 Å². The molecule has 0 aliphatic heterocycles. The number of amides is 1. The van der Waals surface area contributed by atoms with E-state index >= 15 is 0 Å². The van der Waals surface area contributed by atoms with Crippen LogP contribution in [0.15, 0.2) is 70.9 Å². The molecule has 0 spiro atoms. The summed E-state index contributed by atoms with van der Waals surface area (Å²) in [5.74, 6) is -0.0165. The van der Waals surface area contributed by atoms with E-state index in [0.717, 1.165) is 4.88 Å². The van der Waals surface area contributed by atoms with Crippen LogP contribution in [-0.2, 0) is 14.8 Å². The smallest absolute Gasteiger partial charge is 0.263 e. The van der Waals surface area contributed by atoms with E-state index in [1.165, 1.54) is 42.7 Å². The molecule has 2 N–H and O–H groups in total. The molecule has 150 valence electrons. The van der Waals surface area contributed by atoms with Crippen LogP contribution in [0.2, 0.25) is 5.02 Å². The Morgan fingerprint density at radius 1 is 1.14 bits per heavy atom. The molecule has 9 heteroatoms. The van der Waals surface area contributed by atoms with Crippen molar-refractivity contribution < 1.29 is 17.9 Å². The van der Waals surface area contributed by atoms with Crippen LogP contribution in [-0.4, -0.2) is 21.4 Å². The highest BCUT2D eigenvalue weighted by Gasteiger charge is 2.20. The van der Waals surface area contributed by atoms with Gasteiger partial charge in [-0.25, -0.2) is 8.42 Å². The fraction of sp³-hybridized carbons (Fsp3) is 0.0500. The summed E-state index contributed by atoms with van der Waals surface area (Å²) in [5.41, 5.74) is 0.579.